The van der Waals surface area contributed by atoms with Gasteiger partial charge in [-0.2, -0.15) is 8.42 Å². The topological polar surface area (TPSA) is 76.5 Å². The second-order valence-corrected chi connectivity index (χ2v) is 11.7. The number of pyridine rings is 1. The predicted octanol–water partition coefficient (Wildman–Crippen LogP) is 6.63. The normalized spacial score (nSPS) is 14.2. The van der Waals surface area contributed by atoms with Gasteiger partial charge in [-0.15, -0.1) is 0 Å². The van der Waals surface area contributed by atoms with Gasteiger partial charge >= 0.3 is 0 Å². The number of fused-ring (bicyclic) bond motifs is 1. The molecule has 0 radical (unpaired) electrons. The Morgan fingerprint density at radius 2 is 1.65 bits per heavy atom. The van der Waals surface area contributed by atoms with Crippen LogP contribution in [0.5, 0.6) is 0 Å². The zero-order valence-corrected chi connectivity index (χ0v) is 22.6. The van der Waals surface area contributed by atoms with E-state index in [2.05, 4.69) is 4.98 Å². The van der Waals surface area contributed by atoms with Gasteiger partial charge in [-0.05, 0) is 73.7 Å². The highest BCUT2D eigenvalue weighted by Crippen LogP contribution is 2.36. The first-order valence-corrected chi connectivity index (χ1v) is 14.2. The highest BCUT2D eigenvalue weighted by molar-refractivity contribution is 7.86. The third-order valence-electron chi connectivity index (χ3n) is 6.20. The molecule has 1 aromatic heterocycles. The van der Waals surface area contributed by atoms with Crippen molar-refractivity contribution in [1.82, 2.24) is 4.98 Å². The summed E-state index contributed by atoms with van der Waals surface area (Å²) in [5.41, 5.74) is 1.43. The van der Waals surface area contributed by atoms with Crippen molar-refractivity contribution in [2.45, 2.75) is 37.9 Å². The Morgan fingerprint density at radius 3 is 2.35 bits per heavy atom. The van der Waals surface area contributed by atoms with Gasteiger partial charge in [0.2, 0.25) is 0 Å². The fourth-order valence-electron chi connectivity index (χ4n) is 4.51. The van der Waals surface area contributed by atoms with Crippen LogP contribution in [0.2, 0.25) is 5.02 Å². The second-order valence-electron chi connectivity index (χ2n) is 9.67. The fraction of sp³-hybridized carbons (Fsp3) is 0.233. The Kier molecular flexibility index (Phi) is 7.85. The van der Waals surface area contributed by atoms with Crippen LogP contribution in [0.25, 0.3) is 17.0 Å². The van der Waals surface area contributed by atoms with Crippen LogP contribution in [0.1, 0.15) is 42.7 Å². The molecule has 0 saturated carbocycles. The van der Waals surface area contributed by atoms with E-state index in [0.717, 1.165) is 28.3 Å². The molecule has 0 aliphatic heterocycles. The van der Waals surface area contributed by atoms with Crippen molar-refractivity contribution in [3.8, 4) is 0 Å². The van der Waals surface area contributed by atoms with Crippen molar-refractivity contribution in [2.75, 3.05) is 6.26 Å². The standard InChI is InChI=1S/C30H30ClNO4S/c1-29(2,33)27-12-8-7-9-22(27)17-19-30(36-37(3,34)35,24-10-5-4-6-11-24)20-18-26-16-14-23-13-15-25(31)21-28(23)32-26/h4-16,18,20-21,33H,17,19H2,1-3H3. The van der Waals surface area contributed by atoms with Gasteiger partial charge in [-0.25, -0.2) is 4.98 Å². The van der Waals surface area contributed by atoms with E-state index < -0.39 is 21.3 Å². The van der Waals surface area contributed by atoms with Gasteiger partial charge in [0.1, 0.15) is 5.60 Å². The second kappa shape index (κ2) is 10.8. The van der Waals surface area contributed by atoms with E-state index in [-0.39, 0.29) is 0 Å². The largest absolute Gasteiger partial charge is 0.386 e. The van der Waals surface area contributed by atoms with E-state index in [1.54, 1.807) is 32.1 Å². The number of hydrogen-bond donors (Lipinski definition) is 1. The number of aryl methyl sites for hydroxylation is 1. The Bertz CT molecular complexity index is 1530. The average molecular weight is 536 g/mol. The first-order chi connectivity index (χ1) is 17.5. The highest BCUT2D eigenvalue weighted by atomic mass is 35.5. The van der Waals surface area contributed by atoms with Crippen LogP contribution in [-0.4, -0.2) is 24.8 Å². The van der Waals surface area contributed by atoms with Gasteiger partial charge in [0.05, 0.1) is 23.1 Å². The molecule has 1 heterocycles. The quantitative estimate of drug-likeness (QED) is 0.243. The Morgan fingerprint density at radius 1 is 0.973 bits per heavy atom. The molecule has 0 amide bonds. The lowest BCUT2D eigenvalue weighted by Crippen LogP contribution is -2.31. The maximum absolute atomic E-state index is 12.6. The van der Waals surface area contributed by atoms with Crippen LogP contribution >= 0.6 is 11.6 Å². The van der Waals surface area contributed by atoms with Gasteiger partial charge in [0, 0.05) is 10.4 Å². The van der Waals surface area contributed by atoms with Gasteiger partial charge in [-0.1, -0.05) is 78.3 Å². The molecule has 37 heavy (non-hydrogen) atoms. The molecule has 5 nitrogen and oxygen atoms in total. The van der Waals surface area contributed by atoms with E-state index >= 15 is 0 Å². The molecular weight excluding hydrogens is 506 g/mol. The minimum absolute atomic E-state index is 0.313. The lowest BCUT2D eigenvalue weighted by atomic mass is 9.84. The fourth-order valence-corrected chi connectivity index (χ4v) is 5.45. The molecule has 0 aliphatic carbocycles. The summed E-state index contributed by atoms with van der Waals surface area (Å²) in [6, 6.07) is 26.2. The maximum atomic E-state index is 12.6. The monoisotopic (exact) mass is 535 g/mol. The third kappa shape index (κ3) is 6.84. The number of halogens is 1. The number of nitrogens with zero attached hydrogens (tertiary/aromatic N) is 1. The SMILES string of the molecule is CC(C)(O)c1ccccc1CCC(C=Cc1ccc2ccc(Cl)cc2n1)(OS(C)(=O)=O)c1ccccc1. The number of hydrogen-bond acceptors (Lipinski definition) is 5. The van der Waals surface area contributed by atoms with E-state index in [1.165, 1.54) is 0 Å². The van der Waals surface area contributed by atoms with Crippen molar-refractivity contribution in [3.05, 3.63) is 118 Å². The Hall–Kier alpha value is -3.03. The molecule has 0 aliphatic rings. The summed E-state index contributed by atoms with van der Waals surface area (Å²) in [5.74, 6) is 0. The molecule has 1 atom stereocenters. The van der Waals surface area contributed by atoms with Crippen LogP contribution < -0.4 is 0 Å². The predicted molar refractivity (Wildman–Crippen MR) is 150 cm³/mol. The first-order valence-electron chi connectivity index (χ1n) is 12.0. The van der Waals surface area contributed by atoms with Crippen molar-refractivity contribution >= 4 is 38.7 Å². The molecule has 3 aromatic carbocycles. The summed E-state index contributed by atoms with van der Waals surface area (Å²) in [6.07, 6.45) is 5.37. The van der Waals surface area contributed by atoms with Gasteiger partial charge in [0.15, 0.2) is 0 Å². The molecule has 192 valence electrons. The van der Waals surface area contributed by atoms with Gasteiger partial charge in [-0.3, -0.25) is 4.18 Å². The number of aromatic nitrogens is 1. The summed E-state index contributed by atoms with van der Waals surface area (Å²) < 4.78 is 31.0. The van der Waals surface area contributed by atoms with Crippen LogP contribution in [0, 0.1) is 0 Å². The first kappa shape index (κ1) is 27.0. The summed E-state index contributed by atoms with van der Waals surface area (Å²) in [5, 5.41) is 12.2. The zero-order chi connectivity index (χ0) is 26.7. The van der Waals surface area contributed by atoms with E-state index in [9.17, 15) is 13.5 Å². The number of rotatable bonds is 9. The van der Waals surface area contributed by atoms with Crippen molar-refractivity contribution in [2.24, 2.45) is 0 Å². The van der Waals surface area contributed by atoms with Crippen LogP contribution in [-0.2, 0) is 31.9 Å². The lowest BCUT2D eigenvalue weighted by Gasteiger charge is -2.31. The van der Waals surface area contributed by atoms with E-state index in [1.807, 2.05) is 78.9 Å². The third-order valence-corrected chi connectivity index (χ3v) is 7.04. The number of aliphatic hydroxyl groups is 1. The highest BCUT2D eigenvalue weighted by Gasteiger charge is 2.35. The van der Waals surface area contributed by atoms with Crippen LogP contribution in [0.15, 0.2) is 91.0 Å². The smallest absolute Gasteiger partial charge is 0.265 e. The Balaban J connectivity index is 1.80. The van der Waals surface area contributed by atoms with E-state index in [0.29, 0.717) is 29.1 Å². The van der Waals surface area contributed by atoms with Crippen LogP contribution in [0.3, 0.4) is 0 Å². The van der Waals surface area contributed by atoms with E-state index in [4.69, 9.17) is 15.8 Å². The summed E-state index contributed by atoms with van der Waals surface area (Å²) in [4.78, 5) is 4.68. The zero-order valence-electron chi connectivity index (χ0n) is 21.1. The molecule has 0 fully saturated rings. The minimum Gasteiger partial charge on any atom is -0.386 e. The summed E-state index contributed by atoms with van der Waals surface area (Å²) in [6.45, 7) is 3.47. The summed E-state index contributed by atoms with van der Waals surface area (Å²) >= 11 is 6.16. The molecule has 1 N–H and O–H groups in total. The maximum Gasteiger partial charge on any atom is 0.265 e. The molecule has 0 spiro atoms. The molecule has 4 aromatic rings. The van der Waals surface area contributed by atoms with Crippen LogP contribution in [0.4, 0.5) is 0 Å². The molecule has 0 bridgehead atoms. The van der Waals surface area contributed by atoms with Gasteiger partial charge in [0.25, 0.3) is 10.1 Å². The summed E-state index contributed by atoms with van der Waals surface area (Å²) in [7, 11) is -3.86. The van der Waals surface area contributed by atoms with Crippen molar-refractivity contribution in [1.29, 1.82) is 0 Å². The molecular formula is C30H30ClNO4S. The van der Waals surface area contributed by atoms with Gasteiger partial charge < -0.3 is 5.11 Å². The minimum atomic E-state index is -3.86. The van der Waals surface area contributed by atoms with Crippen molar-refractivity contribution < 1.29 is 17.7 Å². The average Bonchev–Trinajstić information content (AvgIpc) is 2.85. The molecule has 0 saturated heterocycles. The molecule has 7 heteroatoms. The van der Waals surface area contributed by atoms with Crippen molar-refractivity contribution in [3.63, 3.8) is 0 Å². The molecule has 4 rings (SSSR count). The lowest BCUT2D eigenvalue weighted by molar-refractivity contribution is 0.0766. The molecule has 1 unspecified atom stereocenters. The Labute approximate surface area is 223 Å². The number of benzene rings is 3.